The molecular formula is C10H13Cl2NO2. The molecule has 0 bridgehead atoms. The van der Waals surface area contributed by atoms with Crippen molar-refractivity contribution < 1.29 is 9.47 Å². The van der Waals surface area contributed by atoms with Crippen LogP contribution >= 0.6 is 23.2 Å². The molecule has 0 heterocycles. The van der Waals surface area contributed by atoms with Gasteiger partial charge in [-0.15, -0.1) is 0 Å². The van der Waals surface area contributed by atoms with Gasteiger partial charge in [0.25, 0.3) is 0 Å². The van der Waals surface area contributed by atoms with Gasteiger partial charge in [0.2, 0.25) is 0 Å². The van der Waals surface area contributed by atoms with Gasteiger partial charge in [0.05, 0.1) is 18.9 Å². The lowest BCUT2D eigenvalue weighted by Gasteiger charge is -2.10. The van der Waals surface area contributed by atoms with Gasteiger partial charge in [-0.3, -0.25) is 5.32 Å². The Morgan fingerprint density at radius 1 is 1.20 bits per heavy atom. The average Bonchev–Trinajstić information content (AvgIpc) is 2.25. The Balaban J connectivity index is 2.77. The maximum absolute atomic E-state index is 6.06. The quantitative estimate of drug-likeness (QED) is 0.643. The van der Waals surface area contributed by atoms with E-state index >= 15 is 0 Å². The first-order chi connectivity index (χ1) is 7.20. The van der Waals surface area contributed by atoms with Gasteiger partial charge < -0.3 is 9.47 Å². The number of methoxy groups -OCH3 is 2. The van der Waals surface area contributed by atoms with Crippen molar-refractivity contribution in [1.82, 2.24) is 5.32 Å². The monoisotopic (exact) mass is 249 g/mol. The van der Waals surface area contributed by atoms with Crippen molar-refractivity contribution in [3.8, 4) is 5.75 Å². The van der Waals surface area contributed by atoms with Crippen LogP contribution in [0.5, 0.6) is 5.75 Å². The van der Waals surface area contributed by atoms with E-state index in [-0.39, 0.29) is 0 Å². The van der Waals surface area contributed by atoms with E-state index in [1.165, 1.54) is 0 Å². The molecule has 0 spiro atoms. The molecular weight excluding hydrogens is 237 g/mol. The van der Waals surface area contributed by atoms with E-state index in [0.29, 0.717) is 29.1 Å². The first-order valence-corrected chi connectivity index (χ1v) is 5.16. The fraction of sp³-hybridized carbons (Fsp3) is 0.400. The first kappa shape index (κ1) is 12.6. The number of halogens is 2. The molecule has 1 aromatic carbocycles. The third kappa shape index (κ3) is 3.24. The topological polar surface area (TPSA) is 30.5 Å². The van der Waals surface area contributed by atoms with E-state index < -0.39 is 0 Å². The molecule has 0 saturated carbocycles. The number of benzene rings is 1. The molecule has 0 saturated heterocycles. The largest absolute Gasteiger partial charge is 0.495 e. The van der Waals surface area contributed by atoms with E-state index in [2.05, 4.69) is 5.32 Å². The summed E-state index contributed by atoms with van der Waals surface area (Å²) in [5, 5.41) is 4.00. The number of hydrogen-bond acceptors (Lipinski definition) is 3. The van der Waals surface area contributed by atoms with Crippen molar-refractivity contribution in [2.24, 2.45) is 0 Å². The van der Waals surface area contributed by atoms with Crippen molar-refractivity contribution >= 4 is 23.2 Å². The molecule has 5 heteroatoms. The lowest BCUT2D eigenvalue weighted by Crippen LogP contribution is -2.16. The SMILES string of the molecule is COCNCc1ccc(OC)c(Cl)c1Cl. The molecule has 84 valence electrons. The van der Waals surface area contributed by atoms with Gasteiger partial charge in [-0.05, 0) is 11.6 Å². The summed E-state index contributed by atoms with van der Waals surface area (Å²) in [6, 6.07) is 3.66. The van der Waals surface area contributed by atoms with E-state index in [1.54, 1.807) is 20.3 Å². The van der Waals surface area contributed by atoms with Gasteiger partial charge in [0.15, 0.2) is 0 Å². The normalized spacial score (nSPS) is 10.4. The molecule has 0 unspecified atom stereocenters. The Labute approximate surface area is 99.3 Å². The van der Waals surface area contributed by atoms with Gasteiger partial charge in [-0.2, -0.15) is 0 Å². The Morgan fingerprint density at radius 2 is 1.93 bits per heavy atom. The van der Waals surface area contributed by atoms with Crippen LogP contribution in [-0.4, -0.2) is 21.0 Å². The predicted octanol–water partition coefficient (Wildman–Crippen LogP) is 2.70. The first-order valence-electron chi connectivity index (χ1n) is 4.41. The predicted molar refractivity (Wildman–Crippen MR) is 61.7 cm³/mol. The second kappa shape index (κ2) is 6.18. The fourth-order valence-electron chi connectivity index (χ4n) is 1.15. The van der Waals surface area contributed by atoms with E-state index in [4.69, 9.17) is 32.7 Å². The van der Waals surface area contributed by atoms with Crippen LogP contribution in [0.1, 0.15) is 5.56 Å². The number of hydrogen-bond donors (Lipinski definition) is 1. The zero-order valence-corrected chi connectivity index (χ0v) is 10.2. The van der Waals surface area contributed by atoms with Gasteiger partial charge in [-0.25, -0.2) is 0 Å². The van der Waals surface area contributed by atoms with Crippen LogP contribution in [0.25, 0.3) is 0 Å². The molecule has 0 aliphatic rings. The molecule has 3 nitrogen and oxygen atoms in total. The van der Waals surface area contributed by atoms with Crippen molar-refractivity contribution in [2.45, 2.75) is 6.54 Å². The number of nitrogens with one attached hydrogen (secondary N) is 1. The van der Waals surface area contributed by atoms with Crippen LogP contribution in [0.3, 0.4) is 0 Å². The van der Waals surface area contributed by atoms with Crippen LogP contribution in [0.15, 0.2) is 12.1 Å². The Morgan fingerprint density at radius 3 is 2.53 bits per heavy atom. The van der Waals surface area contributed by atoms with E-state index in [9.17, 15) is 0 Å². The van der Waals surface area contributed by atoms with Crippen molar-refractivity contribution in [3.63, 3.8) is 0 Å². The highest BCUT2D eigenvalue weighted by molar-refractivity contribution is 6.43. The molecule has 15 heavy (non-hydrogen) atoms. The Bertz CT molecular complexity index is 331. The maximum Gasteiger partial charge on any atom is 0.138 e. The highest BCUT2D eigenvalue weighted by Gasteiger charge is 2.09. The molecule has 0 amide bonds. The van der Waals surface area contributed by atoms with Crippen LogP contribution in [-0.2, 0) is 11.3 Å². The number of ether oxygens (including phenoxy) is 2. The molecule has 0 aromatic heterocycles. The third-order valence-electron chi connectivity index (χ3n) is 1.91. The Hall–Kier alpha value is -0.480. The second-order valence-corrected chi connectivity index (χ2v) is 3.67. The summed E-state index contributed by atoms with van der Waals surface area (Å²) < 4.78 is 9.91. The van der Waals surface area contributed by atoms with Gasteiger partial charge in [0, 0.05) is 13.7 Å². The van der Waals surface area contributed by atoms with Crippen molar-refractivity contribution in [3.05, 3.63) is 27.7 Å². The minimum absolute atomic E-state index is 0.441. The average molecular weight is 250 g/mol. The van der Waals surface area contributed by atoms with Crippen LogP contribution in [0, 0.1) is 0 Å². The molecule has 0 fully saturated rings. The lowest BCUT2D eigenvalue weighted by atomic mass is 10.2. The molecule has 1 rings (SSSR count). The summed E-state index contributed by atoms with van der Waals surface area (Å²) in [5.41, 5.74) is 0.916. The zero-order valence-electron chi connectivity index (χ0n) is 8.64. The highest BCUT2D eigenvalue weighted by atomic mass is 35.5. The Kier molecular flexibility index (Phi) is 5.19. The van der Waals surface area contributed by atoms with Crippen LogP contribution < -0.4 is 10.1 Å². The summed E-state index contributed by atoms with van der Waals surface area (Å²) in [5.74, 6) is 0.581. The summed E-state index contributed by atoms with van der Waals surface area (Å²) in [7, 11) is 3.18. The second-order valence-electron chi connectivity index (χ2n) is 2.91. The molecule has 0 aliphatic heterocycles. The van der Waals surface area contributed by atoms with E-state index in [0.717, 1.165) is 5.56 Å². The molecule has 1 aromatic rings. The minimum Gasteiger partial charge on any atom is -0.495 e. The highest BCUT2D eigenvalue weighted by Crippen LogP contribution is 2.34. The summed E-state index contributed by atoms with van der Waals surface area (Å²) in [6.07, 6.45) is 0. The molecule has 0 aliphatic carbocycles. The van der Waals surface area contributed by atoms with Crippen molar-refractivity contribution in [1.29, 1.82) is 0 Å². The third-order valence-corrected chi connectivity index (χ3v) is 2.81. The zero-order chi connectivity index (χ0) is 11.3. The van der Waals surface area contributed by atoms with Gasteiger partial charge >= 0.3 is 0 Å². The van der Waals surface area contributed by atoms with E-state index in [1.807, 2.05) is 6.07 Å². The van der Waals surface area contributed by atoms with Gasteiger partial charge in [-0.1, -0.05) is 29.3 Å². The summed E-state index contributed by atoms with van der Waals surface area (Å²) in [4.78, 5) is 0. The van der Waals surface area contributed by atoms with Crippen LogP contribution in [0.2, 0.25) is 10.0 Å². The molecule has 0 atom stereocenters. The minimum atomic E-state index is 0.441. The lowest BCUT2D eigenvalue weighted by molar-refractivity contribution is 0.174. The van der Waals surface area contributed by atoms with Gasteiger partial charge in [0.1, 0.15) is 10.8 Å². The molecule has 1 N–H and O–H groups in total. The fourth-order valence-corrected chi connectivity index (χ4v) is 1.64. The standard InChI is InChI=1S/C10H13Cl2NO2/c1-14-6-13-5-7-3-4-8(15-2)10(12)9(7)11/h3-4,13H,5-6H2,1-2H3. The summed E-state index contributed by atoms with van der Waals surface area (Å²) in [6.45, 7) is 1.08. The van der Waals surface area contributed by atoms with Crippen molar-refractivity contribution in [2.75, 3.05) is 21.0 Å². The summed E-state index contributed by atoms with van der Waals surface area (Å²) >= 11 is 12.1. The van der Waals surface area contributed by atoms with Crippen LogP contribution in [0.4, 0.5) is 0 Å². The number of rotatable bonds is 5. The smallest absolute Gasteiger partial charge is 0.138 e. The maximum atomic E-state index is 6.06. The molecule has 0 radical (unpaired) electrons.